The Labute approximate surface area is 102 Å². The van der Waals surface area contributed by atoms with E-state index >= 15 is 0 Å². The van der Waals surface area contributed by atoms with Crippen molar-refractivity contribution in [3.05, 3.63) is 29.8 Å². The minimum Gasteiger partial charge on any atom is -0.497 e. The van der Waals surface area contributed by atoms with E-state index in [1.54, 1.807) is 7.11 Å². The molecule has 4 heteroatoms. The summed E-state index contributed by atoms with van der Waals surface area (Å²) in [5.41, 5.74) is 6.35. The van der Waals surface area contributed by atoms with Crippen LogP contribution < -0.4 is 10.5 Å². The van der Waals surface area contributed by atoms with E-state index in [2.05, 4.69) is 6.92 Å². The number of nitrogens with zero attached hydrogens (tertiary/aromatic N) is 1. The lowest BCUT2D eigenvalue weighted by Gasteiger charge is -2.27. The molecule has 0 aliphatic rings. The number of methoxy groups -OCH3 is 1. The molecule has 1 atom stereocenters. The van der Waals surface area contributed by atoms with Crippen molar-refractivity contribution >= 4 is 5.91 Å². The van der Waals surface area contributed by atoms with Gasteiger partial charge in [-0.15, -0.1) is 0 Å². The van der Waals surface area contributed by atoms with E-state index < -0.39 is 0 Å². The summed E-state index contributed by atoms with van der Waals surface area (Å²) in [6.07, 6.45) is 0. The van der Waals surface area contributed by atoms with Crippen molar-refractivity contribution in [3.63, 3.8) is 0 Å². The zero-order valence-corrected chi connectivity index (χ0v) is 10.6. The number of ether oxygens (including phenoxy) is 1. The van der Waals surface area contributed by atoms with Crippen molar-refractivity contribution in [1.82, 2.24) is 4.90 Å². The van der Waals surface area contributed by atoms with E-state index in [1.165, 1.54) is 0 Å². The Balaban J connectivity index is 2.84. The molecular weight excluding hydrogens is 216 g/mol. The zero-order valence-electron chi connectivity index (χ0n) is 10.6. The molecule has 0 saturated heterocycles. The first-order valence-corrected chi connectivity index (χ1v) is 5.74. The zero-order chi connectivity index (χ0) is 12.8. The molecule has 1 rings (SSSR count). The first-order valence-electron chi connectivity index (χ1n) is 5.74. The number of amides is 1. The molecule has 0 radical (unpaired) electrons. The van der Waals surface area contributed by atoms with Gasteiger partial charge >= 0.3 is 0 Å². The number of hydrogen-bond donors (Lipinski definition) is 1. The number of nitrogens with two attached hydrogens (primary N) is 1. The Morgan fingerprint density at radius 3 is 2.76 bits per heavy atom. The predicted octanol–water partition coefficient (Wildman–Crippen LogP) is 1.56. The minimum absolute atomic E-state index is 0.141. The largest absolute Gasteiger partial charge is 0.497 e. The highest BCUT2D eigenvalue weighted by Gasteiger charge is 2.16. The monoisotopic (exact) mass is 236 g/mol. The lowest BCUT2D eigenvalue weighted by molar-refractivity contribution is -0.119. The average molecular weight is 236 g/mol. The molecule has 0 aliphatic heterocycles. The Kier molecular flexibility index (Phi) is 4.97. The van der Waals surface area contributed by atoms with Crippen LogP contribution in [0.3, 0.4) is 0 Å². The molecule has 1 aromatic carbocycles. The van der Waals surface area contributed by atoms with E-state index in [9.17, 15) is 4.79 Å². The van der Waals surface area contributed by atoms with Crippen LogP contribution in [0.5, 0.6) is 5.75 Å². The third-order valence-electron chi connectivity index (χ3n) is 2.89. The van der Waals surface area contributed by atoms with Crippen molar-refractivity contribution < 1.29 is 9.53 Å². The fourth-order valence-corrected chi connectivity index (χ4v) is 1.83. The molecular formula is C13H20N2O2. The third kappa shape index (κ3) is 3.75. The summed E-state index contributed by atoms with van der Waals surface area (Å²) in [6, 6.07) is 8.00. The van der Waals surface area contributed by atoms with Gasteiger partial charge in [-0.05, 0) is 31.2 Å². The predicted molar refractivity (Wildman–Crippen MR) is 67.9 cm³/mol. The maximum Gasteiger partial charge on any atom is 0.231 e. The van der Waals surface area contributed by atoms with E-state index in [4.69, 9.17) is 10.5 Å². The molecule has 4 nitrogen and oxygen atoms in total. The number of likely N-dealkylation sites (N-methyl/N-ethyl adjacent to an activating group) is 1. The van der Waals surface area contributed by atoms with Crippen LogP contribution in [0.15, 0.2) is 24.3 Å². The highest BCUT2D eigenvalue weighted by atomic mass is 16.5. The smallest absolute Gasteiger partial charge is 0.231 e. The highest BCUT2D eigenvalue weighted by Crippen LogP contribution is 2.23. The number of benzene rings is 1. The molecule has 0 aromatic heterocycles. The summed E-state index contributed by atoms with van der Waals surface area (Å²) in [5, 5.41) is 0. The normalized spacial score (nSPS) is 12.5. The third-order valence-corrected chi connectivity index (χ3v) is 2.89. The fraction of sp³-hybridized carbons (Fsp3) is 0.462. The second kappa shape index (κ2) is 6.25. The molecule has 94 valence electrons. The maximum absolute atomic E-state index is 11.0. The van der Waals surface area contributed by atoms with Crippen molar-refractivity contribution in [2.45, 2.75) is 19.9 Å². The Morgan fingerprint density at radius 2 is 2.24 bits per heavy atom. The Bertz CT molecular complexity index is 379. The van der Waals surface area contributed by atoms with E-state index in [0.29, 0.717) is 0 Å². The molecule has 1 amide bonds. The van der Waals surface area contributed by atoms with Gasteiger partial charge in [0, 0.05) is 6.04 Å². The lowest BCUT2D eigenvalue weighted by Crippen LogP contribution is -2.35. The quantitative estimate of drug-likeness (QED) is 0.815. The second-order valence-corrected chi connectivity index (χ2v) is 3.98. The van der Waals surface area contributed by atoms with Gasteiger partial charge in [0.05, 0.1) is 13.7 Å². The van der Waals surface area contributed by atoms with Gasteiger partial charge in [0.15, 0.2) is 0 Å². The molecule has 0 spiro atoms. The molecule has 0 aliphatic carbocycles. The molecule has 17 heavy (non-hydrogen) atoms. The lowest BCUT2D eigenvalue weighted by atomic mass is 10.1. The summed E-state index contributed by atoms with van der Waals surface area (Å²) in [5.74, 6) is 0.520. The van der Waals surface area contributed by atoms with Crippen LogP contribution in [0.25, 0.3) is 0 Å². The van der Waals surface area contributed by atoms with Crippen LogP contribution in [0.4, 0.5) is 0 Å². The van der Waals surface area contributed by atoms with E-state index in [1.807, 2.05) is 36.1 Å². The van der Waals surface area contributed by atoms with E-state index in [0.717, 1.165) is 17.9 Å². The minimum atomic E-state index is -0.304. The van der Waals surface area contributed by atoms with Gasteiger partial charge in [-0.1, -0.05) is 19.1 Å². The van der Waals surface area contributed by atoms with Crippen LogP contribution in [-0.2, 0) is 4.79 Å². The molecule has 2 N–H and O–H groups in total. The summed E-state index contributed by atoms with van der Waals surface area (Å²) in [7, 11) is 1.64. The number of primary amides is 1. The van der Waals surface area contributed by atoms with Crippen LogP contribution in [0.1, 0.15) is 25.5 Å². The van der Waals surface area contributed by atoms with Gasteiger partial charge in [0.1, 0.15) is 5.75 Å². The summed E-state index contributed by atoms with van der Waals surface area (Å²) in [6.45, 7) is 5.12. The number of carbonyl (C=O) groups is 1. The molecule has 0 saturated carbocycles. The van der Waals surface area contributed by atoms with Crippen LogP contribution >= 0.6 is 0 Å². The van der Waals surface area contributed by atoms with Crippen LogP contribution in [-0.4, -0.2) is 31.0 Å². The molecule has 0 bridgehead atoms. The first kappa shape index (κ1) is 13.5. The SMILES string of the molecule is CCN(CC(N)=O)[C@H](C)c1cccc(OC)c1. The van der Waals surface area contributed by atoms with Crippen LogP contribution in [0, 0.1) is 0 Å². The standard InChI is InChI=1S/C13H20N2O2/c1-4-15(9-13(14)16)10(2)11-6-5-7-12(8-11)17-3/h5-8,10H,4,9H2,1-3H3,(H2,14,16)/t10-/m1/s1. The van der Waals surface area contributed by atoms with Gasteiger partial charge < -0.3 is 10.5 Å². The van der Waals surface area contributed by atoms with E-state index in [-0.39, 0.29) is 18.5 Å². The van der Waals surface area contributed by atoms with Crippen molar-refractivity contribution in [2.75, 3.05) is 20.2 Å². The van der Waals surface area contributed by atoms with Crippen molar-refractivity contribution in [3.8, 4) is 5.75 Å². The molecule has 0 unspecified atom stereocenters. The van der Waals surface area contributed by atoms with Crippen molar-refractivity contribution in [2.24, 2.45) is 5.73 Å². The average Bonchev–Trinajstić information content (AvgIpc) is 2.35. The second-order valence-electron chi connectivity index (χ2n) is 3.98. The first-order chi connectivity index (χ1) is 8.08. The molecule has 0 fully saturated rings. The summed E-state index contributed by atoms with van der Waals surface area (Å²) in [4.78, 5) is 13.0. The fourth-order valence-electron chi connectivity index (χ4n) is 1.83. The van der Waals surface area contributed by atoms with Gasteiger partial charge in [0.25, 0.3) is 0 Å². The van der Waals surface area contributed by atoms with Crippen LogP contribution in [0.2, 0.25) is 0 Å². The topological polar surface area (TPSA) is 55.6 Å². The Hall–Kier alpha value is -1.55. The number of carbonyl (C=O) groups excluding carboxylic acids is 1. The molecule has 1 aromatic rings. The number of rotatable bonds is 6. The van der Waals surface area contributed by atoms with Gasteiger partial charge in [-0.2, -0.15) is 0 Å². The maximum atomic E-state index is 11.0. The summed E-state index contributed by atoms with van der Waals surface area (Å²) >= 11 is 0. The van der Waals surface area contributed by atoms with Gasteiger partial charge in [0.2, 0.25) is 5.91 Å². The van der Waals surface area contributed by atoms with Gasteiger partial charge in [-0.3, -0.25) is 9.69 Å². The Morgan fingerprint density at radius 1 is 1.53 bits per heavy atom. The summed E-state index contributed by atoms with van der Waals surface area (Å²) < 4.78 is 5.19. The highest BCUT2D eigenvalue weighted by molar-refractivity contribution is 5.76. The van der Waals surface area contributed by atoms with Crippen molar-refractivity contribution in [1.29, 1.82) is 0 Å². The molecule has 0 heterocycles. The van der Waals surface area contributed by atoms with Gasteiger partial charge in [-0.25, -0.2) is 0 Å². The number of hydrogen-bond acceptors (Lipinski definition) is 3.